The van der Waals surface area contributed by atoms with Gasteiger partial charge in [-0.15, -0.1) is 0 Å². The summed E-state index contributed by atoms with van der Waals surface area (Å²) in [6.45, 7) is 1.98. The molecule has 1 aromatic carbocycles. The maximum absolute atomic E-state index is 12.3. The Bertz CT molecular complexity index is 948. The van der Waals surface area contributed by atoms with E-state index in [4.69, 9.17) is 15.6 Å². The first-order valence-electron chi connectivity index (χ1n) is 7.46. The lowest BCUT2D eigenvalue weighted by atomic mass is 10.2. The van der Waals surface area contributed by atoms with E-state index in [9.17, 15) is 9.59 Å². The Morgan fingerprint density at radius 2 is 1.92 bits per heavy atom. The zero-order valence-corrected chi connectivity index (χ0v) is 13.0. The number of ether oxygens (including phenoxy) is 1. The SMILES string of the molecule is CCOC(=O)c1c(N)n(CCC(=O)O)c2nc3ccccc3nc12. The summed E-state index contributed by atoms with van der Waals surface area (Å²) in [4.78, 5) is 32.1. The third-order valence-electron chi connectivity index (χ3n) is 3.62. The van der Waals surface area contributed by atoms with Crippen molar-refractivity contribution >= 4 is 40.0 Å². The smallest absolute Gasteiger partial charge is 0.344 e. The topological polar surface area (TPSA) is 120 Å². The summed E-state index contributed by atoms with van der Waals surface area (Å²) in [5.74, 6) is -1.46. The number of carbonyl (C=O) groups excluding carboxylic acids is 1. The van der Waals surface area contributed by atoms with Gasteiger partial charge >= 0.3 is 11.9 Å². The first kappa shape index (κ1) is 15.7. The second kappa shape index (κ2) is 6.15. The van der Waals surface area contributed by atoms with Crippen LogP contribution in [-0.4, -0.2) is 38.2 Å². The maximum atomic E-state index is 12.3. The van der Waals surface area contributed by atoms with Gasteiger partial charge in [-0.1, -0.05) is 12.1 Å². The van der Waals surface area contributed by atoms with E-state index in [-0.39, 0.29) is 31.0 Å². The number of para-hydroxylation sites is 2. The number of nitrogen functional groups attached to an aromatic ring is 1. The number of carboxylic acids is 1. The Kier molecular flexibility index (Phi) is 4.03. The molecule has 0 aliphatic rings. The zero-order valence-electron chi connectivity index (χ0n) is 13.0. The molecule has 0 spiro atoms. The van der Waals surface area contributed by atoms with Gasteiger partial charge < -0.3 is 20.1 Å². The van der Waals surface area contributed by atoms with E-state index >= 15 is 0 Å². The van der Waals surface area contributed by atoms with Crippen LogP contribution in [0.1, 0.15) is 23.7 Å². The highest BCUT2D eigenvalue weighted by Crippen LogP contribution is 2.28. The molecule has 124 valence electrons. The monoisotopic (exact) mass is 328 g/mol. The molecule has 8 nitrogen and oxygen atoms in total. The molecule has 3 rings (SSSR count). The van der Waals surface area contributed by atoms with E-state index in [1.54, 1.807) is 19.1 Å². The number of aryl methyl sites for hydroxylation is 1. The van der Waals surface area contributed by atoms with Crippen LogP contribution >= 0.6 is 0 Å². The van der Waals surface area contributed by atoms with E-state index in [0.29, 0.717) is 22.2 Å². The summed E-state index contributed by atoms with van der Waals surface area (Å²) in [5, 5.41) is 8.93. The van der Waals surface area contributed by atoms with E-state index in [1.807, 2.05) is 12.1 Å². The van der Waals surface area contributed by atoms with Crippen LogP contribution in [0.15, 0.2) is 24.3 Å². The molecule has 0 radical (unpaired) electrons. The average molecular weight is 328 g/mol. The summed E-state index contributed by atoms with van der Waals surface area (Å²) in [6, 6.07) is 7.21. The number of nitrogens with zero attached hydrogens (tertiary/aromatic N) is 3. The van der Waals surface area contributed by atoms with Crippen LogP contribution in [0.2, 0.25) is 0 Å². The number of anilines is 1. The lowest BCUT2D eigenvalue weighted by Gasteiger charge is -2.05. The highest BCUT2D eigenvalue weighted by Gasteiger charge is 2.25. The minimum absolute atomic E-state index is 0.0874. The molecule has 2 heterocycles. The normalized spacial score (nSPS) is 11.0. The van der Waals surface area contributed by atoms with Crippen molar-refractivity contribution in [3.8, 4) is 0 Å². The van der Waals surface area contributed by atoms with Crippen molar-refractivity contribution in [2.45, 2.75) is 19.9 Å². The molecule has 0 atom stereocenters. The number of esters is 1. The van der Waals surface area contributed by atoms with Crippen molar-refractivity contribution < 1.29 is 19.4 Å². The quantitative estimate of drug-likeness (QED) is 0.685. The maximum Gasteiger partial charge on any atom is 0.344 e. The summed E-state index contributed by atoms with van der Waals surface area (Å²) in [6.07, 6.45) is -0.148. The number of aliphatic carboxylic acids is 1. The van der Waals surface area contributed by atoms with Gasteiger partial charge in [0.2, 0.25) is 0 Å². The molecular formula is C16H16N4O4. The van der Waals surface area contributed by atoms with Crippen LogP contribution < -0.4 is 5.73 Å². The highest BCUT2D eigenvalue weighted by atomic mass is 16.5. The summed E-state index contributed by atoms with van der Waals surface area (Å²) < 4.78 is 6.55. The Balaban J connectivity index is 2.28. The Hall–Kier alpha value is -3.16. The molecule has 0 aliphatic heterocycles. The Morgan fingerprint density at radius 1 is 1.25 bits per heavy atom. The zero-order chi connectivity index (χ0) is 17.3. The lowest BCUT2D eigenvalue weighted by molar-refractivity contribution is -0.137. The fraction of sp³-hybridized carbons (Fsp3) is 0.250. The average Bonchev–Trinajstić information content (AvgIpc) is 2.81. The van der Waals surface area contributed by atoms with Crippen molar-refractivity contribution in [3.63, 3.8) is 0 Å². The number of fused-ring (bicyclic) bond motifs is 2. The Labute approximate surface area is 136 Å². The van der Waals surface area contributed by atoms with Crippen LogP contribution in [0, 0.1) is 0 Å². The predicted molar refractivity (Wildman–Crippen MR) is 87.7 cm³/mol. The molecule has 0 bridgehead atoms. The molecule has 0 unspecified atom stereocenters. The number of carboxylic acid groups (broad SMARTS) is 1. The van der Waals surface area contributed by atoms with Gasteiger partial charge in [-0.3, -0.25) is 4.79 Å². The van der Waals surface area contributed by atoms with Crippen molar-refractivity contribution in [2.24, 2.45) is 0 Å². The fourth-order valence-electron chi connectivity index (χ4n) is 2.56. The number of carbonyl (C=O) groups is 2. The summed E-state index contributed by atoms with van der Waals surface area (Å²) >= 11 is 0. The van der Waals surface area contributed by atoms with Gasteiger partial charge in [-0.2, -0.15) is 0 Å². The first-order chi connectivity index (χ1) is 11.5. The van der Waals surface area contributed by atoms with Gasteiger partial charge in [-0.05, 0) is 19.1 Å². The minimum atomic E-state index is -0.970. The number of hydrogen-bond donors (Lipinski definition) is 2. The van der Waals surface area contributed by atoms with Crippen LogP contribution in [0.4, 0.5) is 5.82 Å². The Morgan fingerprint density at radius 3 is 2.54 bits per heavy atom. The van der Waals surface area contributed by atoms with Crippen molar-refractivity contribution in [2.75, 3.05) is 12.3 Å². The third-order valence-corrected chi connectivity index (χ3v) is 3.62. The summed E-state index contributed by atoms with van der Waals surface area (Å²) in [7, 11) is 0. The van der Waals surface area contributed by atoms with Crippen molar-refractivity contribution in [1.82, 2.24) is 14.5 Å². The molecule has 8 heteroatoms. The van der Waals surface area contributed by atoms with Crippen LogP contribution in [0.25, 0.3) is 22.2 Å². The van der Waals surface area contributed by atoms with E-state index in [2.05, 4.69) is 9.97 Å². The fourth-order valence-corrected chi connectivity index (χ4v) is 2.56. The second-order valence-electron chi connectivity index (χ2n) is 5.16. The molecule has 0 fully saturated rings. The van der Waals surface area contributed by atoms with Crippen LogP contribution in [0.3, 0.4) is 0 Å². The number of hydrogen-bond acceptors (Lipinski definition) is 6. The molecule has 0 saturated heterocycles. The van der Waals surface area contributed by atoms with Gasteiger partial charge in [0, 0.05) is 6.54 Å². The van der Waals surface area contributed by atoms with E-state index in [0.717, 1.165) is 0 Å². The van der Waals surface area contributed by atoms with E-state index < -0.39 is 11.9 Å². The number of benzene rings is 1. The highest BCUT2D eigenvalue weighted by molar-refractivity contribution is 6.08. The van der Waals surface area contributed by atoms with Crippen LogP contribution in [-0.2, 0) is 16.1 Å². The molecule has 0 saturated carbocycles. The molecule has 2 aromatic heterocycles. The standard InChI is InChI=1S/C16H16N4O4/c1-2-24-16(23)12-13-15(20(14(12)17)8-7-11(21)22)19-10-6-4-3-5-9(10)18-13/h3-6H,2,7-8,17H2,1H3,(H,21,22). The minimum Gasteiger partial charge on any atom is -0.481 e. The van der Waals surface area contributed by atoms with Crippen molar-refractivity contribution in [3.05, 3.63) is 29.8 Å². The molecular weight excluding hydrogens is 312 g/mol. The number of rotatable bonds is 5. The predicted octanol–water partition coefficient (Wildman–Crippen LogP) is 1.82. The summed E-state index contributed by atoms with van der Waals surface area (Å²) in [5.41, 5.74) is 8.14. The number of nitrogens with two attached hydrogens (primary N) is 1. The second-order valence-corrected chi connectivity index (χ2v) is 5.16. The first-order valence-corrected chi connectivity index (χ1v) is 7.46. The van der Waals surface area contributed by atoms with E-state index in [1.165, 1.54) is 4.57 Å². The van der Waals surface area contributed by atoms with Gasteiger partial charge in [0.15, 0.2) is 5.65 Å². The van der Waals surface area contributed by atoms with Gasteiger partial charge in [0.05, 0.1) is 24.1 Å². The van der Waals surface area contributed by atoms with Gasteiger partial charge in [-0.25, -0.2) is 14.8 Å². The molecule has 0 amide bonds. The largest absolute Gasteiger partial charge is 0.481 e. The molecule has 3 N–H and O–H groups in total. The molecule has 24 heavy (non-hydrogen) atoms. The van der Waals surface area contributed by atoms with Crippen molar-refractivity contribution in [1.29, 1.82) is 0 Å². The molecule has 0 aliphatic carbocycles. The van der Waals surface area contributed by atoms with Crippen LogP contribution in [0.5, 0.6) is 0 Å². The van der Waals surface area contributed by atoms with Gasteiger partial charge in [0.1, 0.15) is 16.9 Å². The lowest BCUT2D eigenvalue weighted by Crippen LogP contribution is -2.11. The third kappa shape index (κ3) is 2.62. The molecule has 3 aromatic rings. The van der Waals surface area contributed by atoms with Gasteiger partial charge in [0.25, 0.3) is 0 Å². The number of aromatic nitrogens is 3.